The first-order chi connectivity index (χ1) is 14.9. The van der Waals surface area contributed by atoms with E-state index in [0.717, 1.165) is 11.3 Å². The number of hydrogen-bond donors (Lipinski definition) is 1. The van der Waals surface area contributed by atoms with E-state index in [-0.39, 0.29) is 17.4 Å². The van der Waals surface area contributed by atoms with Crippen molar-refractivity contribution in [3.8, 4) is 5.75 Å². The van der Waals surface area contributed by atoms with Crippen LogP contribution in [0.5, 0.6) is 5.75 Å². The summed E-state index contributed by atoms with van der Waals surface area (Å²) in [6, 6.07) is 7.89. The van der Waals surface area contributed by atoms with Crippen LogP contribution in [0.3, 0.4) is 0 Å². The molecule has 0 bridgehead atoms. The van der Waals surface area contributed by atoms with Crippen LogP contribution in [0, 0.1) is 6.92 Å². The van der Waals surface area contributed by atoms with Gasteiger partial charge in [-0.25, -0.2) is 0 Å². The lowest BCUT2D eigenvalue weighted by molar-refractivity contribution is -0.132. The first-order valence-electron chi connectivity index (χ1n) is 9.75. The number of ketones is 1. The summed E-state index contributed by atoms with van der Waals surface area (Å²) in [5.41, 5.74) is 1.99. The van der Waals surface area contributed by atoms with Crippen LogP contribution in [0.15, 0.2) is 48.3 Å². The molecule has 8 nitrogen and oxygen atoms in total. The average molecular weight is 434 g/mol. The Kier molecular flexibility index (Phi) is 4.55. The van der Waals surface area contributed by atoms with Crippen molar-refractivity contribution in [2.45, 2.75) is 32.4 Å². The van der Waals surface area contributed by atoms with Gasteiger partial charge >= 0.3 is 5.91 Å². The number of rotatable bonds is 3. The molecule has 9 heteroatoms. The second-order valence-electron chi connectivity index (χ2n) is 7.51. The van der Waals surface area contributed by atoms with Gasteiger partial charge in [0.25, 0.3) is 5.78 Å². The summed E-state index contributed by atoms with van der Waals surface area (Å²) in [5.74, 6) is -1.01. The highest BCUT2D eigenvalue weighted by Crippen LogP contribution is 2.43. The Labute approximate surface area is 181 Å². The van der Waals surface area contributed by atoms with Gasteiger partial charge in [0.15, 0.2) is 0 Å². The number of nitrogens with zero attached hydrogens (tertiary/aromatic N) is 4. The van der Waals surface area contributed by atoms with Gasteiger partial charge in [-0.3, -0.25) is 19.5 Å². The van der Waals surface area contributed by atoms with Gasteiger partial charge in [-0.05, 0) is 49.2 Å². The smallest absolute Gasteiger partial charge is 0.301 e. The standard InChI is InChI=1S/C22H18N4O4S/c1-11-8-15-9-13(5-6-16(15)30-11)19(27)17-18(14-4-3-7-23-10-14)26(21(29)20(17)28)22-25-24-12(2)31-22/h3-7,9-11,18,27H,8H2,1-2H3/t11-,18+/m1/s1. The van der Waals surface area contributed by atoms with Crippen molar-refractivity contribution in [3.63, 3.8) is 0 Å². The Morgan fingerprint density at radius 1 is 1.26 bits per heavy atom. The third kappa shape index (κ3) is 3.17. The number of fused-ring (bicyclic) bond motifs is 1. The van der Waals surface area contributed by atoms with Crippen molar-refractivity contribution < 1.29 is 19.4 Å². The van der Waals surface area contributed by atoms with Gasteiger partial charge in [-0.2, -0.15) is 0 Å². The Morgan fingerprint density at radius 2 is 2.10 bits per heavy atom. The van der Waals surface area contributed by atoms with Gasteiger partial charge in [0.2, 0.25) is 5.13 Å². The van der Waals surface area contributed by atoms with Crippen LogP contribution >= 0.6 is 11.3 Å². The molecule has 1 saturated heterocycles. The molecular weight excluding hydrogens is 416 g/mol. The summed E-state index contributed by atoms with van der Waals surface area (Å²) >= 11 is 1.20. The van der Waals surface area contributed by atoms with Crippen molar-refractivity contribution in [3.05, 3.63) is 70.0 Å². The molecule has 0 unspecified atom stereocenters. The molecular formula is C22H18N4O4S. The third-order valence-corrected chi connectivity index (χ3v) is 6.17. The first-order valence-corrected chi connectivity index (χ1v) is 10.6. The maximum Gasteiger partial charge on any atom is 0.301 e. The summed E-state index contributed by atoms with van der Waals surface area (Å²) in [4.78, 5) is 31.5. The highest BCUT2D eigenvalue weighted by atomic mass is 32.1. The molecule has 3 aromatic rings. The third-order valence-electron chi connectivity index (χ3n) is 5.34. The number of benzene rings is 1. The van der Waals surface area contributed by atoms with Crippen molar-refractivity contribution in [2.75, 3.05) is 4.90 Å². The predicted octanol–water partition coefficient (Wildman–Crippen LogP) is 3.19. The number of amides is 1. The maximum atomic E-state index is 13.1. The van der Waals surface area contributed by atoms with Gasteiger partial charge in [-0.15, -0.1) is 10.2 Å². The minimum Gasteiger partial charge on any atom is -0.507 e. The van der Waals surface area contributed by atoms with Crippen LogP contribution in [-0.2, 0) is 16.0 Å². The summed E-state index contributed by atoms with van der Waals surface area (Å²) in [7, 11) is 0. The van der Waals surface area contributed by atoms with Gasteiger partial charge in [0, 0.05) is 24.4 Å². The number of anilines is 1. The number of hydrogen-bond acceptors (Lipinski definition) is 8. The Balaban J connectivity index is 1.68. The molecule has 1 fully saturated rings. The van der Waals surface area contributed by atoms with E-state index in [1.807, 2.05) is 6.92 Å². The summed E-state index contributed by atoms with van der Waals surface area (Å²) in [6.45, 7) is 3.74. The minimum atomic E-state index is -0.857. The van der Waals surface area contributed by atoms with Crippen LogP contribution in [0.2, 0.25) is 0 Å². The zero-order valence-corrected chi connectivity index (χ0v) is 17.6. The quantitative estimate of drug-likeness (QED) is 0.383. The fourth-order valence-electron chi connectivity index (χ4n) is 3.99. The normalized spacial score (nSPS) is 21.9. The van der Waals surface area contributed by atoms with E-state index in [9.17, 15) is 14.7 Å². The van der Waals surface area contributed by atoms with Crippen molar-refractivity contribution in [1.82, 2.24) is 15.2 Å². The first kappa shape index (κ1) is 19.4. The molecule has 2 aliphatic rings. The lowest BCUT2D eigenvalue weighted by Gasteiger charge is -2.22. The summed E-state index contributed by atoms with van der Waals surface area (Å²) < 4.78 is 5.72. The molecule has 5 rings (SSSR count). The number of aromatic nitrogens is 3. The fraction of sp³-hybridized carbons (Fsp3) is 0.227. The molecule has 0 spiro atoms. The largest absolute Gasteiger partial charge is 0.507 e. The second kappa shape index (κ2) is 7.28. The minimum absolute atomic E-state index is 0.00207. The number of carbonyl (C=O) groups is 2. The van der Waals surface area contributed by atoms with Gasteiger partial charge in [0.1, 0.15) is 22.6 Å². The molecule has 31 heavy (non-hydrogen) atoms. The molecule has 4 heterocycles. The highest BCUT2D eigenvalue weighted by molar-refractivity contribution is 7.15. The molecule has 0 aliphatic carbocycles. The van der Waals surface area contributed by atoms with E-state index >= 15 is 0 Å². The number of aliphatic hydroxyl groups is 1. The molecule has 156 valence electrons. The van der Waals surface area contributed by atoms with Crippen molar-refractivity contribution in [2.24, 2.45) is 0 Å². The molecule has 2 atom stereocenters. The van der Waals surface area contributed by atoms with Crippen molar-refractivity contribution in [1.29, 1.82) is 0 Å². The number of aryl methyl sites for hydroxylation is 1. The SMILES string of the molecule is Cc1nnc(N2C(=O)C(=O)C(=C(O)c3ccc4c(c3)C[C@@H](C)O4)[C@@H]2c2cccnc2)s1. The molecule has 1 aromatic carbocycles. The Morgan fingerprint density at radius 3 is 2.81 bits per heavy atom. The van der Waals surface area contributed by atoms with Crippen LogP contribution in [-0.4, -0.2) is 38.1 Å². The van der Waals surface area contributed by atoms with Gasteiger partial charge < -0.3 is 9.84 Å². The van der Waals surface area contributed by atoms with E-state index < -0.39 is 17.7 Å². The number of Topliss-reactive ketones (excluding diaryl/α,β-unsaturated/α-hetero) is 1. The zero-order valence-electron chi connectivity index (χ0n) is 16.8. The monoisotopic (exact) mass is 434 g/mol. The summed E-state index contributed by atoms with van der Waals surface area (Å²) in [6.07, 6.45) is 3.94. The lowest BCUT2D eigenvalue weighted by Crippen LogP contribution is -2.29. The van der Waals surface area contributed by atoms with E-state index in [4.69, 9.17) is 4.74 Å². The Hall–Kier alpha value is -3.59. The molecule has 0 radical (unpaired) electrons. The number of aliphatic hydroxyl groups excluding tert-OH is 1. The number of ether oxygens (including phenoxy) is 1. The summed E-state index contributed by atoms with van der Waals surface area (Å²) in [5, 5.41) is 20.2. The van der Waals surface area contributed by atoms with E-state index in [2.05, 4.69) is 15.2 Å². The predicted molar refractivity (Wildman–Crippen MR) is 114 cm³/mol. The van der Waals surface area contributed by atoms with Crippen molar-refractivity contribution >= 4 is 33.9 Å². The van der Waals surface area contributed by atoms with Crippen LogP contribution < -0.4 is 9.64 Å². The molecule has 1 N–H and O–H groups in total. The molecule has 1 amide bonds. The van der Waals surface area contributed by atoms with Gasteiger partial charge in [0.05, 0.1) is 11.6 Å². The zero-order chi connectivity index (χ0) is 21.7. The topological polar surface area (TPSA) is 106 Å². The number of carbonyl (C=O) groups excluding carboxylic acids is 2. The maximum absolute atomic E-state index is 13.1. The van der Waals surface area contributed by atoms with Crippen LogP contribution in [0.1, 0.15) is 34.7 Å². The van der Waals surface area contributed by atoms with Crippen LogP contribution in [0.4, 0.5) is 5.13 Å². The van der Waals surface area contributed by atoms with E-state index in [0.29, 0.717) is 27.7 Å². The lowest BCUT2D eigenvalue weighted by atomic mass is 9.95. The molecule has 2 aliphatic heterocycles. The average Bonchev–Trinajstić information content (AvgIpc) is 3.43. The highest BCUT2D eigenvalue weighted by Gasteiger charge is 2.48. The molecule has 0 saturated carbocycles. The van der Waals surface area contributed by atoms with E-state index in [1.54, 1.807) is 49.6 Å². The van der Waals surface area contributed by atoms with Crippen LogP contribution in [0.25, 0.3) is 5.76 Å². The Bertz CT molecular complexity index is 1240. The fourth-order valence-corrected chi connectivity index (χ4v) is 4.71. The van der Waals surface area contributed by atoms with E-state index in [1.165, 1.54) is 16.2 Å². The second-order valence-corrected chi connectivity index (χ2v) is 8.67. The van der Waals surface area contributed by atoms with Gasteiger partial charge in [-0.1, -0.05) is 17.4 Å². The number of pyridine rings is 1. The molecule has 2 aromatic heterocycles.